The molecule has 0 aliphatic rings. The Labute approximate surface area is 126 Å². The number of carbonyl (C=O) groups excluding carboxylic acids is 2. The van der Waals surface area contributed by atoms with Crippen molar-refractivity contribution < 1.29 is 19.1 Å². The third-order valence-corrected chi connectivity index (χ3v) is 4.29. The van der Waals surface area contributed by atoms with Gasteiger partial charge in [0.15, 0.2) is 17.3 Å². The van der Waals surface area contributed by atoms with Crippen molar-refractivity contribution in [3.63, 3.8) is 0 Å². The number of hydrogen-bond acceptors (Lipinski definition) is 5. The third kappa shape index (κ3) is 3.33. The van der Waals surface area contributed by atoms with E-state index in [2.05, 4.69) is 5.32 Å². The summed E-state index contributed by atoms with van der Waals surface area (Å²) in [4.78, 5) is 23.9. The second kappa shape index (κ2) is 6.58. The minimum atomic E-state index is -0.132. The van der Waals surface area contributed by atoms with Crippen LogP contribution in [-0.4, -0.2) is 33.0 Å². The normalized spacial score (nSPS) is 10.4. The SMILES string of the molecule is CNC(=O)CCC(=O)c1cc2cc(OC)c(OC)cc2s1. The highest BCUT2D eigenvalue weighted by molar-refractivity contribution is 7.20. The van der Waals surface area contributed by atoms with Crippen LogP contribution >= 0.6 is 11.3 Å². The molecule has 0 saturated carbocycles. The van der Waals surface area contributed by atoms with Gasteiger partial charge >= 0.3 is 0 Å². The van der Waals surface area contributed by atoms with E-state index in [9.17, 15) is 9.59 Å². The van der Waals surface area contributed by atoms with Gasteiger partial charge in [0.05, 0.1) is 19.1 Å². The lowest BCUT2D eigenvalue weighted by Gasteiger charge is -2.06. The third-order valence-electron chi connectivity index (χ3n) is 3.16. The molecule has 1 aromatic carbocycles. The summed E-state index contributed by atoms with van der Waals surface area (Å²) in [7, 11) is 4.71. The second-order valence-electron chi connectivity index (χ2n) is 4.45. The first-order valence-electron chi connectivity index (χ1n) is 6.48. The number of ether oxygens (including phenoxy) is 2. The summed E-state index contributed by atoms with van der Waals surface area (Å²) in [5.41, 5.74) is 0. The van der Waals surface area contributed by atoms with Crippen LogP contribution in [0.15, 0.2) is 18.2 Å². The molecule has 6 heteroatoms. The molecule has 0 bridgehead atoms. The van der Waals surface area contributed by atoms with E-state index < -0.39 is 0 Å². The van der Waals surface area contributed by atoms with Crippen molar-refractivity contribution in [1.29, 1.82) is 0 Å². The molecular formula is C15H17NO4S. The van der Waals surface area contributed by atoms with Crippen molar-refractivity contribution in [2.24, 2.45) is 0 Å². The van der Waals surface area contributed by atoms with E-state index in [0.717, 1.165) is 10.1 Å². The summed E-state index contributed by atoms with van der Waals surface area (Å²) in [5, 5.41) is 3.44. The minimum Gasteiger partial charge on any atom is -0.493 e. The molecule has 0 saturated heterocycles. The number of nitrogens with one attached hydrogen (secondary N) is 1. The van der Waals surface area contributed by atoms with Gasteiger partial charge < -0.3 is 14.8 Å². The number of amides is 1. The molecule has 0 radical (unpaired) electrons. The predicted octanol–water partition coefficient (Wildman–Crippen LogP) is 2.63. The van der Waals surface area contributed by atoms with Crippen molar-refractivity contribution in [3.05, 3.63) is 23.1 Å². The number of carbonyl (C=O) groups is 2. The number of thiophene rings is 1. The largest absolute Gasteiger partial charge is 0.493 e. The number of ketones is 1. The molecule has 1 aromatic heterocycles. The number of methoxy groups -OCH3 is 2. The zero-order valence-electron chi connectivity index (χ0n) is 12.2. The first-order valence-corrected chi connectivity index (χ1v) is 7.30. The molecule has 2 rings (SSSR count). The molecule has 0 aliphatic heterocycles. The zero-order chi connectivity index (χ0) is 15.4. The summed E-state index contributed by atoms with van der Waals surface area (Å²) in [6.45, 7) is 0. The van der Waals surface area contributed by atoms with Crippen LogP contribution < -0.4 is 14.8 Å². The fourth-order valence-corrected chi connectivity index (χ4v) is 3.02. The number of rotatable bonds is 6. The van der Waals surface area contributed by atoms with E-state index in [1.165, 1.54) is 11.3 Å². The van der Waals surface area contributed by atoms with Gasteiger partial charge in [-0.3, -0.25) is 9.59 Å². The van der Waals surface area contributed by atoms with Crippen molar-refractivity contribution >= 4 is 33.1 Å². The van der Waals surface area contributed by atoms with Crippen molar-refractivity contribution in [2.45, 2.75) is 12.8 Å². The van der Waals surface area contributed by atoms with Crippen LogP contribution in [0.5, 0.6) is 11.5 Å². The number of Topliss-reactive ketones (excluding diaryl/α,β-unsaturated/α-hetero) is 1. The van der Waals surface area contributed by atoms with Gasteiger partial charge in [0.1, 0.15) is 0 Å². The molecule has 0 atom stereocenters. The van der Waals surface area contributed by atoms with Gasteiger partial charge in [-0.15, -0.1) is 11.3 Å². The first kappa shape index (κ1) is 15.3. The molecule has 0 aliphatic carbocycles. The summed E-state index contributed by atoms with van der Waals surface area (Å²) in [6.07, 6.45) is 0.414. The Bertz CT molecular complexity index is 637. The van der Waals surface area contributed by atoms with E-state index in [1.807, 2.05) is 18.2 Å². The summed E-state index contributed by atoms with van der Waals surface area (Å²) in [5.74, 6) is 1.11. The molecule has 21 heavy (non-hydrogen) atoms. The van der Waals surface area contributed by atoms with E-state index in [1.54, 1.807) is 21.3 Å². The monoisotopic (exact) mass is 307 g/mol. The van der Waals surface area contributed by atoms with E-state index in [0.29, 0.717) is 16.4 Å². The minimum absolute atomic E-state index is 0.0299. The van der Waals surface area contributed by atoms with Crippen molar-refractivity contribution in [1.82, 2.24) is 5.32 Å². The Morgan fingerprint density at radius 2 is 1.76 bits per heavy atom. The van der Waals surface area contributed by atoms with E-state index in [4.69, 9.17) is 9.47 Å². The molecule has 112 valence electrons. The number of hydrogen-bond donors (Lipinski definition) is 1. The van der Waals surface area contributed by atoms with Crippen LogP contribution in [0.3, 0.4) is 0 Å². The smallest absolute Gasteiger partial charge is 0.220 e. The lowest BCUT2D eigenvalue weighted by molar-refractivity contribution is -0.120. The highest BCUT2D eigenvalue weighted by Gasteiger charge is 2.14. The molecular weight excluding hydrogens is 290 g/mol. The molecule has 0 spiro atoms. The highest BCUT2D eigenvalue weighted by atomic mass is 32.1. The van der Waals surface area contributed by atoms with Crippen LogP contribution in [0.1, 0.15) is 22.5 Å². The fraction of sp³-hybridized carbons (Fsp3) is 0.333. The van der Waals surface area contributed by atoms with Gasteiger partial charge in [0, 0.05) is 30.7 Å². The maximum atomic E-state index is 12.1. The van der Waals surface area contributed by atoms with Crippen molar-refractivity contribution in [2.75, 3.05) is 21.3 Å². The molecule has 1 heterocycles. The number of fused-ring (bicyclic) bond motifs is 1. The molecule has 0 unspecified atom stereocenters. The Morgan fingerprint density at radius 1 is 1.10 bits per heavy atom. The molecule has 0 fully saturated rings. The van der Waals surface area contributed by atoms with Gasteiger partial charge in [-0.05, 0) is 17.5 Å². The second-order valence-corrected chi connectivity index (χ2v) is 5.54. The van der Waals surface area contributed by atoms with Gasteiger partial charge in [-0.25, -0.2) is 0 Å². The van der Waals surface area contributed by atoms with Gasteiger partial charge in [-0.1, -0.05) is 0 Å². The molecule has 1 amide bonds. The van der Waals surface area contributed by atoms with E-state index >= 15 is 0 Å². The van der Waals surface area contributed by atoms with Crippen LogP contribution in [0.2, 0.25) is 0 Å². The fourth-order valence-electron chi connectivity index (χ4n) is 1.98. The summed E-state index contributed by atoms with van der Waals surface area (Å²) in [6, 6.07) is 5.53. The van der Waals surface area contributed by atoms with Crippen LogP contribution in [-0.2, 0) is 4.79 Å². The lowest BCUT2D eigenvalue weighted by atomic mass is 10.1. The van der Waals surface area contributed by atoms with Crippen LogP contribution in [0.4, 0.5) is 0 Å². The highest BCUT2D eigenvalue weighted by Crippen LogP contribution is 2.36. The molecule has 1 N–H and O–H groups in total. The molecule has 2 aromatic rings. The Balaban J connectivity index is 2.26. The maximum Gasteiger partial charge on any atom is 0.220 e. The Kier molecular flexibility index (Phi) is 4.80. The van der Waals surface area contributed by atoms with Crippen LogP contribution in [0, 0.1) is 0 Å². The van der Waals surface area contributed by atoms with Gasteiger partial charge in [-0.2, -0.15) is 0 Å². The topological polar surface area (TPSA) is 64.6 Å². The average Bonchev–Trinajstić information content (AvgIpc) is 2.93. The van der Waals surface area contributed by atoms with Gasteiger partial charge in [0.25, 0.3) is 0 Å². The maximum absolute atomic E-state index is 12.1. The average molecular weight is 307 g/mol. The van der Waals surface area contributed by atoms with Gasteiger partial charge in [0.2, 0.25) is 5.91 Å². The summed E-state index contributed by atoms with van der Waals surface area (Å²) >= 11 is 1.40. The number of benzene rings is 1. The standard InChI is InChI=1S/C15H17NO4S/c1-16-15(18)5-4-10(17)14-7-9-6-11(19-2)12(20-3)8-13(9)21-14/h6-8H,4-5H2,1-3H3,(H,16,18). The Morgan fingerprint density at radius 3 is 2.38 bits per heavy atom. The molecule has 5 nitrogen and oxygen atoms in total. The quantitative estimate of drug-likeness (QED) is 0.833. The summed E-state index contributed by atoms with van der Waals surface area (Å²) < 4.78 is 11.5. The zero-order valence-corrected chi connectivity index (χ0v) is 13.0. The van der Waals surface area contributed by atoms with E-state index in [-0.39, 0.29) is 24.5 Å². The first-order chi connectivity index (χ1) is 10.1. The lowest BCUT2D eigenvalue weighted by Crippen LogP contribution is -2.18. The predicted molar refractivity (Wildman–Crippen MR) is 82.6 cm³/mol. The Hall–Kier alpha value is -2.08. The van der Waals surface area contributed by atoms with Crippen LogP contribution in [0.25, 0.3) is 10.1 Å². The van der Waals surface area contributed by atoms with Crippen molar-refractivity contribution in [3.8, 4) is 11.5 Å².